The Morgan fingerprint density at radius 2 is 2.05 bits per heavy atom. The molecular weight excluding hydrogens is 300 g/mol. The number of ketones is 1. The zero-order valence-corrected chi connectivity index (χ0v) is 14.0. The van der Waals surface area contributed by atoms with E-state index in [0.717, 1.165) is 11.7 Å². The van der Waals surface area contributed by atoms with Crippen LogP contribution in [0.3, 0.4) is 0 Å². The van der Waals surface area contributed by atoms with Crippen molar-refractivity contribution in [2.45, 2.75) is 30.8 Å². The smallest absolute Gasteiger partial charge is 0.176 e. The van der Waals surface area contributed by atoms with Gasteiger partial charge in [0.05, 0.1) is 19.5 Å². The number of thioether (sulfide) groups is 1. The van der Waals surface area contributed by atoms with Crippen LogP contribution >= 0.6 is 11.8 Å². The summed E-state index contributed by atoms with van der Waals surface area (Å²) in [6, 6.07) is 5.22. The van der Waals surface area contributed by atoms with Crippen LogP contribution in [-0.2, 0) is 6.54 Å². The first-order valence-electron chi connectivity index (χ1n) is 7.04. The Bertz CT molecular complexity index is 655. The number of hydrogen-bond acceptors (Lipinski definition) is 5. The number of benzene rings is 1. The van der Waals surface area contributed by atoms with Crippen molar-refractivity contribution in [1.29, 1.82) is 0 Å². The molecule has 1 aromatic carbocycles. The molecule has 0 bridgehead atoms. The third-order valence-electron chi connectivity index (χ3n) is 3.34. The van der Waals surface area contributed by atoms with Crippen LogP contribution in [0, 0.1) is 0 Å². The number of ether oxygens (including phenoxy) is 2. The summed E-state index contributed by atoms with van der Waals surface area (Å²) >= 11 is 1.46. The minimum atomic E-state index is -0.231. The molecule has 1 atom stereocenters. The second kappa shape index (κ2) is 7.35. The molecule has 1 heterocycles. The number of aryl methyl sites for hydroxylation is 1. The maximum absolute atomic E-state index is 12.6. The number of imidazole rings is 1. The van der Waals surface area contributed by atoms with Gasteiger partial charge < -0.3 is 14.0 Å². The fourth-order valence-corrected chi connectivity index (χ4v) is 3.10. The predicted octanol–water partition coefficient (Wildman–Crippen LogP) is 3.28. The Labute approximate surface area is 134 Å². The van der Waals surface area contributed by atoms with Crippen molar-refractivity contribution in [3.05, 3.63) is 36.2 Å². The van der Waals surface area contributed by atoms with E-state index in [2.05, 4.69) is 4.98 Å². The van der Waals surface area contributed by atoms with Gasteiger partial charge in [-0.15, -0.1) is 0 Å². The van der Waals surface area contributed by atoms with E-state index < -0.39 is 0 Å². The van der Waals surface area contributed by atoms with E-state index in [1.807, 2.05) is 24.6 Å². The number of aromatic nitrogens is 2. The largest absolute Gasteiger partial charge is 0.493 e. The summed E-state index contributed by atoms with van der Waals surface area (Å²) in [4.78, 5) is 16.9. The highest BCUT2D eigenvalue weighted by atomic mass is 32.2. The van der Waals surface area contributed by atoms with Gasteiger partial charge in [0, 0.05) is 24.5 Å². The summed E-state index contributed by atoms with van der Waals surface area (Å²) in [5, 5.41) is 0.620. The highest BCUT2D eigenvalue weighted by Crippen LogP contribution is 2.30. The topological polar surface area (TPSA) is 53.4 Å². The normalized spacial score (nSPS) is 12.0. The van der Waals surface area contributed by atoms with E-state index in [-0.39, 0.29) is 11.0 Å². The lowest BCUT2D eigenvalue weighted by Crippen LogP contribution is -2.14. The first-order valence-corrected chi connectivity index (χ1v) is 7.92. The molecule has 0 radical (unpaired) electrons. The molecule has 0 fully saturated rings. The highest BCUT2D eigenvalue weighted by molar-refractivity contribution is 8.00. The van der Waals surface area contributed by atoms with Gasteiger partial charge in [0.25, 0.3) is 0 Å². The van der Waals surface area contributed by atoms with Crippen LogP contribution in [0.2, 0.25) is 0 Å². The van der Waals surface area contributed by atoms with Crippen molar-refractivity contribution in [3.8, 4) is 11.5 Å². The summed E-state index contributed by atoms with van der Waals surface area (Å²) in [5.74, 6) is 1.21. The molecule has 118 valence electrons. The average molecular weight is 320 g/mol. The van der Waals surface area contributed by atoms with E-state index >= 15 is 0 Å². The second-order valence-electron chi connectivity index (χ2n) is 4.69. The molecule has 0 saturated carbocycles. The number of carbonyl (C=O) groups excluding carboxylic acids is 1. The SMILES string of the molecule is CCn1ccnc1S[C@H](C)C(=O)c1ccc(OC)c(OC)c1. The van der Waals surface area contributed by atoms with E-state index in [1.165, 1.54) is 11.8 Å². The molecule has 0 N–H and O–H groups in total. The van der Waals surface area contributed by atoms with Gasteiger partial charge in [-0.1, -0.05) is 11.8 Å². The number of rotatable bonds is 7. The lowest BCUT2D eigenvalue weighted by molar-refractivity contribution is 0.0993. The Morgan fingerprint density at radius 1 is 1.32 bits per heavy atom. The average Bonchev–Trinajstić information content (AvgIpc) is 3.00. The van der Waals surface area contributed by atoms with Crippen LogP contribution in [0.25, 0.3) is 0 Å². The molecule has 22 heavy (non-hydrogen) atoms. The van der Waals surface area contributed by atoms with Crippen LogP contribution in [-0.4, -0.2) is 34.8 Å². The van der Waals surface area contributed by atoms with Crippen LogP contribution in [0.4, 0.5) is 0 Å². The lowest BCUT2D eigenvalue weighted by atomic mass is 10.1. The molecule has 5 nitrogen and oxygen atoms in total. The van der Waals surface area contributed by atoms with Gasteiger partial charge in [0.15, 0.2) is 22.4 Å². The number of nitrogens with zero attached hydrogens (tertiary/aromatic N) is 2. The molecule has 0 aliphatic heterocycles. The van der Waals surface area contributed by atoms with Gasteiger partial charge in [0.2, 0.25) is 0 Å². The highest BCUT2D eigenvalue weighted by Gasteiger charge is 2.20. The summed E-state index contributed by atoms with van der Waals surface area (Å²) in [6.07, 6.45) is 3.66. The summed E-state index contributed by atoms with van der Waals surface area (Å²) < 4.78 is 12.5. The van der Waals surface area contributed by atoms with Gasteiger partial charge in [-0.05, 0) is 32.0 Å². The Kier molecular flexibility index (Phi) is 5.49. The Hall–Kier alpha value is -1.95. The van der Waals surface area contributed by atoms with Gasteiger partial charge >= 0.3 is 0 Å². The minimum Gasteiger partial charge on any atom is -0.493 e. The van der Waals surface area contributed by atoms with Crippen molar-refractivity contribution in [3.63, 3.8) is 0 Å². The van der Waals surface area contributed by atoms with Crippen LogP contribution < -0.4 is 9.47 Å². The maximum atomic E-state index is 12.6. The number of Topliss-reactive ketones (excluding diaryl/α,β-unsaturated/α-hetero) is 1. The van der Waals surface area contributed by atoms with Crippen molar-refractivity contribution >= 4 is 17.5 Å². The molecule has 0 amide bonds. The third kappa shape index (κ3) is 3.44. The molecule has 0 aliphatic carbocycles. The third-order valence-corrected chi connectivity index (χ3v) is 4.46. The molecule has 0 aliphatic rings. The molecule has 0 unspecified atom stereocenters. The van der Waals surface area contributed by atoms with Crippen molar-refractivity contribution < 1.29 is 14.3 Å². The monoisotopic (exact) mass is 320 g/mol. The zero-order chi connectivity index (χ0) is 16.1. The molecule has 6 heteroatoms. The standard InChI is InChI=1S/C16H20N2O3S/c1-5-18-9-8-17-16(18)22-11(2)15(19)12-6-7-13(20-3)14(10-12)21-4/h6-11H,5H2,1-4H3/t11-/m1/s1. The number of hydrogen-bond donors (Lipinski definition) is 0. The first-order chi connectivity index (χ1) is 10.6. The van der Waals surface area contributed by atoms with Crippen LogP contribution in [0.15, 0.2) is 35.7 Å². The van der Waals surface area contributed by atoms with Gasteiger partial charge in [-0.25, -0.2) is 4.98 Å². The van der Waals surface area contributed by atoms with Crippen LogP contribution in [0.5, 0.6) is 11.5 Å². The van der Waals surface area contributed by atoms with Gasteiger partial charge in [-0.2, -0.15) is 0 Å². The zero-order valence-electron chi connectivity index (χ0n) is 13.2. The van der Waals surface area contributed by atoms with Crippen molar-refractivity contribution in [2.75, 3.05) is 14.2 Å². The Morgan fingerprint density at radius 3 is 2.68 bits per heavy atom. The first kappa shape index (κ1) is 16.4. The molecule has 0 saturated heterocycles. The number of carbonyl (C=O) groups is 1. The van der Waals surface area contributed by atoms with E-state index in [0.29, 0.717) is 17.1 Å². The molecular formula is C16H20N2O3S. The predicted molar refractivity (Wildman–Crippen MR) is 87.1 cm³/mol. The quantitative estimate of drug-likeness (QED) is 0.579. The summed E-state index contributed by atoms with van der Waals surface area (Å²) in [5.41, 5.74) is 0.604. The fourth-order valence-electron chi connectivity index (χ4n) is 2.09. The lowest BCUT2D eigenvalue weighted by Gasteiger charge is -2.13. The molecule has 2 rings (SSSR count). The summed E-state index contributed by atoms with van der Waals surface area (Å²) in [7, 11) is 3.13. The molecule has 1 aromatic heterocycles. The van der Waals surface area contributed by atoms with Crippen LogP contribution in [0.1, 0.15) is 24.2 Å². The number of methoxy groups -OCH3 is 2. The minimum absolute atomic E-state index is 0.0385. The Balaban J connectivity index is 2.17. The van der Waals surface area contributed by atoms with E-state index in [4.69, 9.17) is 9.47 Å². The molecule has 0 spiro atoms. The van der Waals surface area contributed by atoms with E-state index in [9.17, 15) is 4.79 Å². The fraction of sp³-hybridized carbons (Fsp3) is 0.375. The van der Waals surface area contributed by atoms with Gasteiger partial charge in [0.1, 0.15) is 0 Å². The maximum Gasteiger partial charge on any atom is 0.176 e. The molecule has 2 aromatic rings. The van der Waals surface area contributed by atoms with Crippen molar-refractivity contribution in [1.82, 2.24) is 9.55 Å². The van der Waals surface area contributed by atoms with E-state index in [1.54, 1.807) is 38.6 Å². The summed E-state index contributed by atoms with van der Waals surface area (Å²) in [6.45, 7) is 4.77. The van der Waals surface area contributed by atoms with Gasteiger partial charge in [-0.3, -0.25) is 4.79 Å². The van der Waals surface area contributed by atoms with Crippen molar-refractivity contribution in [2.24, 2.45) is 0 Å². The second-order valence-corrected chi connectivity index (χ2v) is 6.00.